The molecule has 0 aliphatic rings. The van der Waals surface area contributed by atoms with E-state index in [0.717, 1.165) is 9.77 Å². The van der Waals surface area contributed by atoms with Gasteiger partial charge < -0.3 is 5.11 Å². The quantitative estimate of drug-likeness (QED) is 0.857. The molecule has 0 bridgehead atoms. The topological polar surface area (TPSA) is 44.0 Å². The highest BCUT2D eigenvalue weighted by atomic mass is 32.2. The van der Waals surface area contributed by atoms with Crippen molar-refractivity contribution < 1.29 is 5.11 Å². The van der Waals surface area contributed by atoms with E-state index >= 15 is 0 Å². The summed E-state index contributed by atoms with van der Waals surface area (Å²) in [5.41, 5.74) is 0. The molecule has 2 unspecified atom stereocenters. The van der Waals surface area contributed by atoms with Crippen molar-refractivity contribution in [3.05, 3.63) is 52.7 Å². The van der Waals surface area contributed by atoms with E-state index in [4.69, 9.17) is 5.26 Å². The normalized spacial score (nSPS) is 13.9. The first-order chi connectivity index (χ1) is 8.31. The summed E-state index contributed by atoms with van der Waals surface area (Å²) in [6, 6.07) is 15.6. The SMILES string of the molecule is N#CC(Sc1ccccc1)C(O)c1cccs1. The van der Waals surface area contributed by atoms with E-state index in [9.17, 15) is 5.11 Å². The van der Waals surface area contributed by atoms with Crippen LogP contribution in [-0.2, 0) is 0 Å². The van der Waals surface area contributed by atoms with E-state index < -0.39 is 11.4 Å². The van der Waals surface area contributed by atoms with Crippen molar-refractivity contribution in [3.63, 3.8) is 0 Å². The van der Waals surface area contributed by atoms with Crippen molar-refractivity contribution in [3.8, 4) is 6.07 Å². The van der Waals surface area contributed by atoms with Crippen molar-refractivity contribution in [1.82, 2.24) is 0 Å². The number of aliphatic hydroxyl groups excluding tert-OH is 1. The van der Waals surface area contributed by atoms with Gasteiger partial charge in [0.05, 0.1) is 6.07 Å². The minimum absolute atomic E-state index is 0.476. The Kier molecular flexibility index (Phi) is 4.21. The Morgan fingerprint density at radius 1 is 1.18 bits per heavy atom. The lowest BCUT2D eigenvalue weighted by Crippen LogP contribution is -2.11. The van der Waals surface area contributed by atoms with Crippen LogP contribution in [-0.4, -0.2) is 10.4 Å². The minimum Gasteiger partial charge on any atom is -0.385 e. The van der Waals surface area contributed by atoms with Crippen molar-refractivity contribution in [2.75, 3.05) is 0 Å². The number of hydrogen-bond acceptors (Lipinski definition) is 4. The third-order valence-corrected chi connectivity index (χ3v) is 4.36. The smallest absolute Gasteiger partial charge is 0.127 e. The largest absolute Gasteiger partial charge is 0.385 e. The zero-order valence-corrected chi connectivity index (χ0v) is 10.6. The minimum atomic E-state index is -0.731. The Morgan fingerprint density at radius 3 is 2.53 bits per heavy atom. The van der Waals surface area contributed by atoms with Gasteiger partial charge in [0, 0.05) is 9.77 Å². The third-order valence-electron chi connectivity index (χ3n) is 2.25. The first kappa shape index (κ1) is 12.2. The van der Waals surface area contributed by atoms with Gasteiger partial charge in [-0.1, -0.05) is 24.3 Å². The molecule has 0 fully saturated rings. The Hall–Kier alpha value is -1.28. The van der Waals surface area contributed by atoms with Crippen LogP contribution < -0.4 is 0 Å². The molecule has 1 aromatic carbocycles. The number of aliphatic hydroxyl groups is 1. The molecule has 1 heterocycles. The number of nitrogens with zero attached hydrogens (tertiary/aromatic N) is 1. The maximum Gasteiger partial charge on any atom is 0.127 e. The summed E-state index contributed by atoms with van der Waals surface area (Å²) in [7, 11) is 0. The predicted molar refractivity (Wildman–Crippen MR) is 71.0 cm³/mol. The van der Waals surface area contributed by atoms with Crippen LogP contribution in [0.25, 0.3) is 0 Å². The number of thioether (sulfide) groups is 1. The van der Waals surface area contributed by atoms with Gasteiger partial charge in [-0.25, -0.2) is 0 Å². The first-order valence-electron chi connectivity index (χ1n) is 5.14. The summed E-state index contributed by atoms with van der Waals surface area (Å²) in [6.07, 6.45) is -0.731. The lowest BCUT2D eigenvalue weighted by molar-refractivity contribution is 0.192. The molecule has 0 aliphatic carbocycles. The Bertz CT molecular complexity index is 490. The summed E-state index contributed by atoms with van der Waals surface area (Å²) in [5, 5.41) is 20.7. The van der Waals surface area contributed by atoms with Crippen LogP contribution in [0.4, 0.5) is 0 Å². The molecule has 0 saturated heterocycles. The molecule has 2 atom stereocenters. The first-order valence-corrected chi connectivity index (χ1v) is 6.90. The van der Waals surface area contributed by atoms with Crippen molar-refractivity contribution >= 4 is 23.1 Å². The highest BCUT2D eigenvalue weighted by molar-refractivity contribution is 8.00. The Morgan fingerprint density at radius 2 is 1.94 bits per heavy atom. The molecule has 86 valence electrons. The molecule has 2 aromatic rings. The van der Waals surface area contributed by atoms with Gasteiger partial charge in [0.1, 0.15) is 11.4 Å². The maximum atomic E-state index is 10.1. The average Bonchev–Trinajstić information content (AvgIpc) is 2.90. The van der Waals surface area contributed by atoms with Gasteiger partial charge in [-0.15, -0.1) is 23.1 Å². The van der Waals surface area contributed by atoms with Crippen LogP contribution in [0.3, 0.4) is 0 Å². The fourth-order valence-corrected chi connectivity index (χ4v) is 3.18. The zero-order chi connectivity index (χ0) is 12.1. The van der Waals surface area contributed by atoms with Crippen LogP contribution in [0.2, 0.25) is 0 Å². The lowest BCUT2D eigenvalue weighted by atomic mass is 10.2. The Labute approximate surface area is 109 Å². The molecule has 0 aliphatic heterocycles. The summed E-state index contributed by atoms with van der Waals surface area (Å²) in [6.45, 7) is 0. The highest BCUT2D eigenvalue weighted by Crippen LogP contribution is 2.33. The van der Waals surface area contributed by atoms with Gasteiger partial charge in [0.15, 0.2) is 0 Å². The van der Waals surface area contributed by atoms with E-state index in [1.54, 1.807) is 0 Å². The van der Waals surface area contributed by atoms with E-state index in [-0.39, 0.29) is 0 Å². The van der Waals surface area contributed by atoms with Crippen LogP contribution in [0.1, 0.15) is 11.0 Å². The van der Waals surface area contributed by atoms with Gasteiger partial charge in [-0.2, -0.15) is 5.26 Å². The van der Waals surface area contributed by atoms with E-state index in [1.165, 1.54) is 23.1 Å². The second-order valence-electron chi connectivity index (χ2n) is 3.44. The molecular weight excluding hydrogens is 250 g/mol. The second-order valence-corrected chi connectivity index (χ2v) is 5.64. The maximum absolute atomic E-state index is 10.1. The molecule has 2 nitrogen and oxygen atoms in total. The molecule has 0 spiro atoms. The van der Waals surface area contributed by atoms with E-state index in [2.05, 4.69) is 6.07 Å². The molecule has 0 radical (unpaired) electrons. The average molecular weight is 261 g/mol. The van der Waals surface area contributed by atoms with E-state index in [1.807, 2.05) is 47.8 Å². The predicted octanol–water partition coefficient (Wildman–Crippen LogP) is 3.47. The summed E-state index contributed by atoms with van der Waals surface area (Å²) >= 11 is 2.86. The van der Waals surface area contributed by atoms with Crippen LogP contribution >= 0.6 is 23.1 Å². The molecule has 1 N–H and O–H groups in total. The molecule has 17 heavy (non-hydrogen) atoms. The lowest BCUT2D eigenvalue weighted by Gasteiger charge is -2.14. The highest BCUT2D eigenvalue weighted by Gasteiger charge is 2.22. The van der Waals surface area contributed by atoms with Gasteiger partial charge in [0.2, 0.25) is 0 Å². The zero-order valence-electron chi connectivity index (χ0n) is 8.98. The van der Waals surface area contributed by atoms with Gasteiger partial charge in [0.25, 0.3) is 0 Å². The molecule has 0 amide bonds. The fraction of sp³-hybridized carbons (Fsp3) is 0.154. The van der Waals surface area contributed by atoms with Gasteiger partial charge in [-0.3, -0.25) is 0 Å². The molecule has 1 aromatic heterocycles. The second kappa shape index (κ2) is 5.87. The number of benzene rings is 1. The third kappa shape index (κ3) is 3.10. The molecule has 4 heteroatoms. The van der Waals surface area contributed by atoms with Gasteiger partial charge in [-0.05, 0) is 23.6 Å². The fourth-order valence-electron chi connectivity index (χ4n) is 1.42. The van der Waals surface area contributed by atoms with Crippen molar-refractivity contribution in [2.24, 2.45) is 0 Å². The summed E-state index contributed by atoms with van der Waals surface area (Å²) in [5.74, 6) is 0. The number of thiophene rings is 1. The number of nitriles is 1. The molecule has 2 rings (SSSR count). The van der Waals surface area contributed by atoms with Gasteiger partial charge >= 0.3 is 0 Å². The molecular formula is C13H11NOS2. The van der Waals surface area contributed by atoms with Crippen LogP contribution in [0, 0.1) is 11.3 Å². The number of rotatable bonds is 4. The molecule has 0 saturated carbocycles. The summed E-state index contributed by atoms with van der Waals surface area (Å²) < 4.78 is 0. The summed E-state index contributed by atoms with van der Waals surface area (Å²) in [4.78, 5) is 1.83. The number of hydrogen-bond donors (Lipinski definition) is 1. The monoisotopic (exact) mass is 261 g/mol. The van der Waals surface area contributed by atoms with Crippen LogP contribution in [0.15, 0.2) is 52.7 Å². The Balaban J connectivity index is 2.10. The van der Waals surface area contributed by atoms with Crippen molar-refractivity contribution in [2.45, 2.75) is 16.2 Å². The van der Waals surface area contributed by atoms with Crippen molar-refractivity contribution in [1.29, 1.82) is 5.26 Å². The standard InChI is InChI=1S/C13H11NOS2/c14-9-12(13(15)11-7-4-8-16-11)17-10-5-2-1-3-6-10/h1-8,12-13,15H. The van der Waals surface area contributed by atoms with E-state index in [0.29, 0.717) is 0 Å². The van der Waals surface area contributed by atoms with Crippen LogP contribution in [0.5, 0.6) is 0 Å².